The van der Waals surface area contributed by atoms with Crippen LogP contribution in [0.2, 0.25) is 0 Å². The Kier molecular flexibility index (Phi) is 5.40. The number of nitrogens with one attached hydrogen (secondary N) is 1. The van der Waals surface area contributed by atoms with E-state index in [0.717, 1.165) is 5.69 Å². The zero-order chi connectivity index (χ0) is 20.8. The van der Waals surface area contributed by atoms with E-state index in [4.69, 9.17) is 5.26 Å². The Bertz CT molecular complexity index is 1150. The number of anilines is 4. The van der Waals surface area contributed by atoms with Gasteiger partial charge in [0.15, 0.2) is 0 Å². The first kappa shape index (κ1) is 18.8. The van der Waals surface area contributed by atoms with Gasteiger partial charge in [0.05, 0.1) is 17.3 Å². The van der Waals surface area contributed by atoms with Crippen molar-refractivity contribution in [1.82, 2.24) is 15.0 Å². The standard InChI is InChI=1S/C23H16N6O/c24-16-17-8-10-18(11-9-17)22(30)28-19-5-3-6-20(15-19)29(21-7-1-2-12-25-21)23-26-13-4-14-27-23/h1-15H,(H,28,30). The second kappa shape index (κ2) is 8.63. The molecule has 0 spiro atoms. The summed E-state index contributed by atoms with van der Waals surface area (Å²) in [5.74, 6) is 0.850. The van der Waals surface area contributed by atoms with E-state index < -0.39 is 0 Å². The van der Waals surface area contributed by atoms with E-state index in [1.54, 1.807) is 59.9 Å². The quantitative estimate of drug-likeness (QED) is 0.539. The van der Waals surface area contributed by atoms with Crippen molar-refractivity contribution in [2.24, 2.45) is 0 Å². The number of carbonyl (C=O) groups excluding carboxylic acids is 1. The molecule has 4 aromatic rings. The van der Waals surface area contributed by atoms with Crippen LogP contribution in [0.15, 0.2) is 91.4 Å². The van der Waals surface area contributed by atoms with E-state index in [-0.39, 0.29) is 5.91 Å². The molecular formula is C23H16N6O. The highest BCUT2D eigenvalue weighted by atomic mass is 16.1. The summed E-state index contributed by atoms with van der Waals surface area (Å²) in [5.41, 5.74) is 2.33. The van der Waals surface area contributed by atoms with Crippen LogP contribution in [-0.4, -0.2) is 20.9 Å². The number of hydrogen-bond donors (Lipinski definition) is 1. The van der Waals surface area contributed by atoms with Gasteiger partial charge in [-0.2, -0.15) is 5.26 Å². The van der Waals surface area contributed by atoms with Gasteiger partial charge in [0.2, 0.25) is 5.95 Å². The topological polar surface area (TPSA) is 94.8 Å². The van der Waals surface area contributed by atoms with Crippen molar-refractivity contribution in [3.8, 4) is 6.07 Å². The molecule has 7 heteroatoms. The molecule has 0 saturated heterocycles. The van der Waals surface area contributed by atoms with Gasteiger partial charge in [0, 0.05) is 29.8 Å². The smallest absolute Gasteiger partial charge is 0.255 e. The lowest BCUT2D eigenvalue weighted by atomic mass is 10.1. The molecule has 1 amide bonds. The molecule has 0 unspecified atom stereocenters. The highest BCUT2D eigenvalue weighted by Gasteiger charge is 2.16. The van der Waals surface area contributed by atoms with Gasteiger partial charge in [-0.1, -0.05) is 12.1 Å². The van der Waals surface area contributed by atoms with E-state index in [9.17, 15) is 4.79 Å². The highest BCUT2D eigenvalue weighted by Crippen LogP contribution is 2.31. The van der Waals surface area contributed by atoms with Crippen LogP contribution in [0.1, 0.15) is 15.9 Å². The van der Waals surface area contributed by atoms with Crippen LogP contribution in [0.5, 0.6) is 0 Å². The second-order valence-electron chi connectivity index (χ2n) is 6.27. The number of aromatic nitrogens is 3. The normalized spacial score (nSPS) is 10.1. The SMILES string of the molecule is N#Cc1ccc(C(=O)Nc2cccc(N(c3ccccn3)c3ncccn3)c2)cc1. The van der Waals surface area contributed by atoms with Gasteiger partial charge >= 0.3 is 0 Å². The molecule has 0 radical (unpaired) electrons. The predicted octanol–water partition coefficient (Wildman–Crippen LogP) is 4.47. The first-order valence-electron chi connectivity index (χ1n) is 9.14. The summed E-state index contributed by atoms with van der Waals surface area (Å²) in [6.45, 7) is 0. The number of benzene rings is 2. The minimum atomic E-state index is -0.267. The molecule has 0 atom stereocenters. The maximum atomic E-state index is 12.6. The second-order valence-corrected chi connectivity index (χ2v) is 6.27. The van der Waals surface area contributed by atoms with Gasteiger partial charge in [0.25, 0.3) is 5.91 Å². The van der Waals surface area contributed by atoms with E-state index in [1.165, 1.54) is 0 Å². The molecule has 0 aliphatic rings. The minimum Gasteiger partial charge on any atom is -0.322 e. The molecule has 2 heterocycles. The first-order valence-corrected chi connectivity index (χ1v) is 9.14. The number of nitrogens with zero attached hydrogens (tertiary/aromatic N) is 5. The highest BCUT2D eigenvalue weighted by molar-refractivity contribution is 6.04. The summed E-state index contributed by atoms with van der Waals surface area (Å²) in [7, 11) is 0. The molecule has 144 valence electrons. The van der Waals surface area contributed by atoms with Gasteiger partial charge in [-0.25, -0.2) is 15.0 Å². The van der Waals surface area contributed by atoms with Gasteiger partial charge in [-0.05, 0) is 60.7 Å². The van der Waals surface area contributed by atoms with Crippen LogP contribution >= 0.6 is 0 Å². The zero-order valence-corrected chi connectivity index (χ0v) is 15.8. The van der Waals surface area contributed by atoms with E-state index in [1.807, 2.05) is 42.5 Å². The summed E-state index contributed by atoms with van der Waals surface area (Å²) in [6.07, 6.45) is 5.02. The van der Waals surface area contributed by atoms with Crippen molar-refractivity contribution in [3.05, 3.63) is 103 Å². The fourth-order valence-corrected chi connectivity index (χ4v) is 2.87. The fourth-order valence-electron chi connectivity index (χ4n) is 2.87. The Morgan fingerprint density at radius 2 is 1.63 bits per heavy atom. The van der Waals surface area contributed by atoms with Crippen LogP contribution in [-0.2, 0) is 0 Å². The van der Waals surface area contributed by atoms with E-state index >= 15 is 0 Å². The van der Waals surface area contributed by atoms with Crippen molar-refractivity contribution < 1.29 is 4.79 Å². The summed E-state index contributed by atoms with van der Waals surface area (Å²) < 4.78 is 0. The fraction of sp³-hybridized carbons (Fsp3) is 0. The lowest BCUT2D eigenvalue weighted by Crippen LogP contribution is -2.15. The van der Waals surface area contributed by atoms with Crippen LogP contribution in [0.3, 0.4) is 0 Å². The molecule has 0 saturated carbocycles. The van der Waals surface area contributed by atoms with Gasteiger partial charge < -0.3 is 5.32 Å². The van der Waals surface area contributed by atoms with Crippen LogP contribution in [0.4, 0.5) is 23.1 Å². The number of rotatable bonds is 5. The monoisotopic (exact) mass is 392 g/mol. The average molecular weight is 392 g/mol. The zero-order valence-electron chi connectivity index (χ0n) is 15.8. The third-order valence-electron chi connectivity index (χ3n) is 4.27. The Hall–Kier alpha value is -4.57. The molecule has 2 aromatic heterocycles. The maximum Gasteiger partial charge on any atom is 0.255 e. The van der Waals surface area contributed by atoms with Gasteiger partial charge in [-0.3, -0.25) is 9.69 Å². The lowest BCUT2D eigenvalue weighted by Gasteiger charge is -2.22. The number of nitriles is 1. The Morgan fingerprint density at radius 3 is 2.33 bits per heavy atom. The predicted molar refractivity (Wildman–Crippen MR) is 114 cm³/mol. The van der Waals surface area contributed by atoms with Crippen molar-refractivity contribution in [2.45, 2.75) is 0 Å². The molecule has 0 bridgehead atoms. The number of carbonyl (C=O) groups is 1. The maximum absolute atomic E-state index is 12.6. The van der Waals surface area contributed by atoms with E-state index in [2.05, 4.69) is 20.3 Å². The summed E-state index contributed by atoms with van der Waals surface area (Å²) in [6, 6.07) is 23.2. The minimum absolute atomic E-state index is 0.267. The molecule has 0 fully saturated rings. The molecule has 0 aliphatic carbocycles. The van der Waals surface area contributed by atoms with Crippen molar-refractivity contribution >= 4 is 29.0 Å². The summed E-state index contributed by atoms with van der Waals surface area (Å²) >= 11 is 0. The summed E-state index contributed by atoms with van der Waals surface area (Å²) in [4.78, 5) is 27.5. The van der Waals surface area contributed by atoms with Crippen molar-refractivity contribution in [2.75, 3.05) is 10.2 Å². The molecular weight excluding hydrogens is 376 g/mol. The van der Waals surface area contributed by atoms with Crippen molar-refractivity contribution in [3.63, 3.8) is 0 Å². The largest absolute Gasteiger partial charge is 0.322 e. The van der Waals surface area contributed by atoms with Crippen LogP contribution in [0.25, 0.3) is 0 Å². The van der Waals surface area contributed by atoms with Crippen LogP contribution < -0.4 is 10.2 Å². The van der Waals surface area contributed by atoms with Crippen LogP contribution in [0, 0.1) is 11.3 Å². The Labute approximate surface area is 173 Å². The number of pyridine rings is 1. The Balaban J connectivity index is 1.65. The first-order chi connectivity index (χ1) is 14.7. The molecule has 30 heavy (non-hydrogen) atoms. The molecule has 7 nitrogen and oxygen atoms in total. The summed E-state index contributed by atoms with van der Waals surface area (Å²) in [5, 5.41) is 11.8. The molecule has 0 aliphatic heterocycles. The van der Waals surface area contributed by atoms with Crippen molar-refractivity contribution in [1.29, 1.82) is 5.26 Å². The third kappa shape index (κ3) is 4.13. The number of hydrogen-bond acceptors (Lipinski definition) is 6. The lowest BCUT2D eigenvalue weighted by molar-refractivity contribution is 0.102. The van der Waals surface area contributed by atoms with Gasteiger partial charge in [0.1, 0.15) is 5.82 Å². The third-order valence-corrected chi connectivity index (χ3v) is 4.27. The van der Waals surface area contributed by atoms with Gasteiger partial charge in [-0.15, -0.1) is 0 Å². The molecule has 2 aromatic carbocycles. The molecule has 4 rings (SSSR count). The Morgan fingerprint density at radius 1 is 0.867 bits per heavy atom. The molecule has 1 N–H and O–H groups in total. The number of amides is 1. The van der Waals surface area contributed by atoms with E-state index in [0.29, 0.717) is 28.6 Å². The average Bonchev–Trinajstić information content (AvgIpc) is 2.81.